The molecule has 2 atom stereocenters. The van der Waals surface area contributed by atoms with E-state index in [-0.39, 0.29) is 18.4 Å². The van der Waals surface area contributed by atoms with Gasteiger partial charge in [0.05, 0.1) is 6.04 Å². The monoisotopic (exact) mass is 215 g/mol. The van der Waals surface area contributed by atoms with Gasteiger partial charge in [-0.15, -0.1) is 0 Å². The molecule has 0 spiro atoms. The van der Waals surface area contributed by atoms with Crippen molar-refractivity contribution < 1.29 is 9.90 Å². The number of carbonyl (C=O) groups excluding carboxylic acids is 1. The molecular formula is C12H25NO2. The predicted octanol–water partition coefficient (Wildman–Crippen LogP) is 1.74. The molecule has 3 heteroatoms. The van der Waals surface area contributed by atoms with Crippen LogP contribution < -0.4 is 5.32 Å². The Kier molecular flexibility index (Phi) is 8.62. The van der Waals surface area contributed by atoms with Crippen LogP contribution in [0.1, 0.15) is 46.5 Å². The maximum Gasteiger partial charge on any atom is 0.146 e. The number of Topliss-reactive ketones (excluding diaryl/α,β-unsaturated/α-hetero) is 1. The Hall–Kier alpha value is -0.410. The van der Waals surface area contributed by atoms with E-state index >= 15 is 0 Å². The zero-order valence-electron chi connectivity index (χ0n) is 10.3. The van der Waals surface area contributed by atoms with Crippen LogP contribution in [0.3, 0.4) is 0 Å². The lowest BCUT2D eigenvalue weighted by Gasteiger charge is -2.19. The number of ketones is 1. The topological polar surface area (TPSA) is 49.3 Å². The summed E-state index contributed by atoms with van der Waals surface area (Å²) in [6.07, 6.45) is 3.80. The van der Waals surface area contributed by atoms with Gasteiger partial charge in [0.2, 0.25) is 0 Å². The molecule has 0 aliphatic rings. The molecule has 1 unspecified atom stereocenters. The number of hydrogen-bond acceptors (Lipinski definition) is 3. The summed E-state index contributed by atoms with van der Waals surface area (Å²) in [7, 11) is 0. The standard InChI is InChI=1S/C12H25NO2/c1-4-6-12(10(3)15)13-9-11(5-2)7-8-14/h11-14H,4-9H2,1-3H3/t11?,12-/m0/s1. The van der Waals surface area contributed by atoms with Crippen molar-refractivity contribution in [3.63, 3.8) is 0 Å². The molecule has 0 radical (unpaired) electrons. The highest BCUT2D eigenvalue weighted by Gasteiger charge is 2.14. The zero-order chi connectivity index (χ0) is 11.7. The maximum absolute atomic E-state index is 11.3. The van der Waals surface area contributed by atoms with Gasteiger partial charge >= 0.3 is 0 Å². The lowest BCUT2D eigenvalue weighted by Crippen LogP contribution is -2.38. The second kappa shape index (κ2) is 8.86. The molecule has 0 heterocycles. The van der Waals surface area contributed by atoms with E-state index in [4.69, 9.17) is 5.11 Å². The molecule has 90 valence electrons. The molecule has 0 fully saturated rings. The molecule has 3 nitrogen and oxygen atoms in total. The number of aliphatic hydroxyl groups is 1. The summed E-state index contributed by atoms with van der Waals surface area (Å²) < 4.78 is 0. The van der Waals surface area contributed by atoms with E-state index in [1.54, 1.807) is 6.92 Å². The third-order valence-electron chi connectivity index (χ3n) is 2.84. The summed E-state index contributed by atoms with van der Waals surface area (Å²) in [5, 5.41) is 12.1. The summed E-state index contributed by atoms with van der Waals surface area (Å²) in [5.41, 5.74) is 0. The van der Waals surface area contributed by atoms with Crippen LogP contribution in [0, 0.1) is 5.92 Å². The van der Waals surface area contributed by atoms with Crippen molar-refractivity contribution in [2.45, 2.75) is 52.5 Å². The molecule has 15 heavy (non-hydrogen) atoms. The summed E-state index contributed by atoms with van der Waals surface area (Å²) in [6.45, 7) is 6.91. The molecule has 0 saturated carbocycles. The average Bonchev–Trinajstić information content (AvgIpc) is 2.21. The first-order valence-electron chi connectivity index (χ1n) is 6.00. The molecule has 0 aliphatic carbocycles. The maximum atomic E-state index is 11.3. The van der Waals surface area contributed by atoms with Gasteiger partial charge in [0.15, 0.2) is 0 Å². The summed E-state index contributed by atoms with van der Waals surface area (Å²) in [4.78, 5) is 11.3. The number of rotatable bonds is 9. The molecule has 0 saturated heterocycles. The van der Waals surface area contributed by atoms with Crippen LogP contribution >= 0.6 is 0 Å². The molecule has 0 aliphatic heterocycles. The second-order valence-corrected chi connectivity index (χ2v) is 4.15. The Balaban J connectivity index is 3.90. The first-order valence-corrected chi connectivity index (χ1v) is 6.00. The zero-order valence-corrected chi connectivity index (χ0v) is 10.3. The van der Waals surface area contributed by atoms with Gasteiger partial charge in [0.25, 0.3) is 0 Å². The largest absolute Gasteiger partial charge is 0.396 e. The van der Waals surface area contributed by atoms with E-state index in [2.05, 4.69) is 19.2 Å². The van der Waals surface area contributed by atoms with E-state index in [0.717, 1.165) is 32.2 Å². The Morgan fingerprint density at radius 1 is 1.33 bits per heavy atom. The molecule has 0 aromatic rings. The van der Waals surface area contributed by atoms with E-state index in [1.807, 2.05) is 0 Å². The van der Waals surface area contributed by atoms with E-state index in [1.165, 1.54) is 0 Å². The minimum Gasteiger partial charge on any atom is -0.396 e. The molecule has 0 amide bonds. The number of aliphatic hydroxyl groups excluding tert-OH is 1. The SMILES string of the molecule is CCC[C@H](NCC(CC)CCO)C(C)=O. The van der Waals surface area contributed by atoms with Crippen LogP contribution in [-0.4, -0.2) is 30.1 Å². The van der Waals surface area contributed by atoms with Gasteiger partial charge in [0, 0.05) is 6.61 Å². The van der Waals surface area contributed by atoms with Crippen molar-refractivity contribution in [2.24, 2.45) is 5.92 Å². The normalized spacial score (nSPS) is 14.9. The summed E-state index contributed by atoms with van der Waals surface area (Å²) in [5.74, 6) is 0.699. The van der Waals surface area contributed by atoms with Gasteiger partial charge in [-0.25, -0.2) is 0 Å². The Bertz CT molecular complexity index is 171. The van der Waals surface area contributed by atoms with Crippen molar-refractivity contribution in [3.8, 4) is 0 Å². The lowest BCUT2D eigenvalue weighted by molar-refractivity contribution is -0.119. The van der Waals surface area contributed by atoms with E-state index < -0.39 is 0 Å². The van der Waals surface area contributed by atoms with E-state index in [9.17, 15) is 4.79 Å². The van der Waals surface area contributed by atoms with Gasteiger partial charge < -0.3 is 10.4 Å². The van der Waals surface area contributed by atoms with Crippen molar-refractivity contribution in [1.82, 2.24) is 5.32 Å². The fourth-order valence-electron chi connectivity index (χ4n) is 1.68. The van der Waals surface area contributed by atoms with Crippen molar-refractivity contribution in [3.05, 3.63) is 0 Å². The molecule has 0 rings (SSSR count). The first-order chi connectivity index (χ1) is 7.15. The number of carbonyl (C=O) groups is 1. The van der Waals surface area contributed by atoms with Crippen LogP contribution in [-0.2, 0) is 4.79 Å². The molecule has 0 aromatic carbocycles. The minimum absolute atomic E-state index is 0.00254. The fourth-order valence-corrected chi connectivity index (χ4v) is 1.68. The Labute approximate surface area is 93.3 Å². The highest BCUT2D eigenvalue weighted by molar-refractivity contribution is 5.81. The second-order valence-electron chi connectivity index (χ2n) is 4.15. The van der Waals surface area contributed by atoms with Crippen LogP contribution in [0.4, 0.5) is 0 Å². The number of hydrogen-bond donors (Lipinski definition) is 2. The van der Waals surface area contributed by atoms with Gasteiger partial charge in [-0.3, -0.25) is 4.79 Å². The molecule has 2 N–H and O–H groups in total. The van der Waals surface area contributed by atoms with Crippen LogP contribution in [0.2, 0.25) is 0 Å². The average molecular weight is 215 g/mol. The Morgan fingerprint density at radius 3 is 2.40 bits per heavy atom. The third-order valence-corrected chi connectivity index (χ3v) is 2.84. The molecular weight excluding hydrogens is 190 g/mol. The van der Waals surface area contributed by atoms with Crippen LogP contribution in [0.25, 0.3) is 0 Å². The summed E-state index contributed by atoms with van der Waals surface area (Å²) in [6, 6.07) is 0.00254. The van der Waals surface area contributed by atoms with Gasteiger partial charge in [-0.2, -0.15) is 0 Å². The van der Waals surface area contributed by atoms with Crippen molar-refractivity contribution >= 4 is 5.78 Å². The first kappa shape index (κ1) is 14.6. The van der Waals surface area contributed by atoms with Crippen molar-refractivity contribution in [2.75, 3.05) is 13.2 Å². The molecule has 0 bridgehead atoms. The number of nitrogens with one attached hydrogen (secondary N) is 1. The smallest absolute Gasteiger partial charge is 0.146 e. The summed E-state index contributed by atoms with van der Waals surface area (Å²) >= 11 is 0. The van der Waals surface area contributed by atoms with Crippen LogP contribution in [0.5, 0.6) is 0 Å². The highest BCUT2D eigenvalue weighted by atomic mass is 16.3. The Morgan fingerprint density at radius 2 is 2.00 bits per heavy atom. The van der Waals surface area contributed by atoms with Gasteiger partial charge in [-0.05, 0) is 32.2 Å². The van der Waals surface area contributed by atoms with Crippen molar-refractivity contribution in [1.29, 1.82) is 0 Å². The van der Waals surface area contributed by atoms with Crippen LogP contribution in [0.15, 0.2) is 0 Å². The fraction of sp³-hybridized carbons (Fsp3) is 0.917. The van der Waals surface area contributed by atoms with E-state index in [0.29, 0.717) is 5.92 Å². The highest BCUT2D eigenvalue weighted by Crippen LogP contribution is 2.07. The minimum atomic E-state index is 0.00254. The van der Waals surface area contributed by atoms with Gasteiger partial charge in [0.1, 0.15) is 5.78 Å². The predicted molar refractivity (Wildman–Crippen MR) is 62.9 cm³/mol. The molecule has 0 aromatic heterocycles. The quantitative estimate of drug-likeness (QED) is 0.616. The third kappa shape index (κ3) is 6.63. The van der Waals surface area contributed by atoms with Gasteiger partial charge in [-0.1, -0.05) is 26.7 Å². The lowest BCUT2D eigenvalue weighted by atomic mass is 10.0.